The van der Waals surface area contributed by atoms with Gasteiger partial charge in [0.2, 0.25) is 0 Å². The van der Waals surface area contributed by atoms with Crippen molar-refractivity contribution in [3.63, 3.8) is 0 Å². The molecule has 1 aliphatic rings. The zero-order valence-corrected chi connectivity index (χ0v) is 9.74. The molecule has 0 radical (unpaired) electrons. The number of anilines is 1. The Kier molecular flexibility index (Phi) is 3.17. The predicted octanol–water partition coefficient (Wildman–Crippen LogP) is 3.37. The van der Waals surface area contributed by atoms with Gasteiger partial charge >= 0.3 is 0 Å². The largest absolute Gasteiger partial charge is 0.364 e. The van der Waals surface area contributed by atoms with Gasteiger partial charge in [-0.25, -0.2) is 0 Å². The standard InChI is InChI=1S/C13H13ClN2/c1-2-7-16(12-5-6-12)13-8-11(14)4-3-10(13)9-15/h2-4,8,12H,1,5-7H2. The summed E-state index contributed by atoms with van der Waals surface area (Å²) in [7, 11) is 0. The summed E-state index contributed by atoms with van der Waals surface area (Å²) in [6.07, 6.45) is 4.23. The molecule has 0 aliphatic heterocycles. The van der Waals surface area contributed by atoms with E-state index in [2.05, 4.69) is 17.5 Å². The highest BCUT2D eigenvalue weighted by molar-refractivity contribution is 6.30. The van der Waals surface area contributed by atoms with Crippen LogP contribution in [-0.4, -0.2) is 12.6 Å². The molecule has 2 rings (SSSR count). The maximum atomic E-state index is 9.08. The molecule has 1 aliphatic carbocycles. The lowest BCUT2D eigenvalue weighted by Gasteiger charge is -2.24. The van der Waals surface area contributed by atoms with Crippen molar-refractivity contribution in [2.24, 2.45) is 0 Å². The molecule has 0 bridgehead atoms. The van der Waals surface area contributed by atoms with Crippen LogP contribution in [0.3, 0.4) is 0 Å². The highest BCUT2D eigenvalue weighted by atomic mass is 35.5. The first-order valence-electron chi connectivity index (χ1n) is 5.33. The van der Waals surface area contributed by atoms with Crippen molar-refractivity contribution in [1.82, 2.24) is 0 Å². The van der Waals surface area contributed by atoms with Crippen LogP contribution in [0, 0.1) is 11.3 Å². The molecule has 2 nitrogen and oxygen atoms in total. The minimum Gasteiger partial charge on any atom is -0.364 e. The van der Waals surface area contributed by atoms with Gasteiger partial charge in [0, 0.05) is 17.6 Å². The SMILES string of the molecule is C=CCN(c1cc(Cl)ccc1C#N)C1CC1. The van der Waals surface area contributed by atoms with Crippen molar-refractivity contribution in [3.8, 4) is 6.07 Å². The summed E-state index contributed by atoms with van der Waals surface area (Å²) < 4.78 is 0. The van der Waals surface area contributed by atoms with Crippen molar-refractivity contribution >= 4 is 17.3 Å². The van der Waals surface area contributed by atoms with Crippen LogP contribution in [0.5, 0.6) is 0 Å². The first-order valence-corrected chi connectivity index (χ1v) is 5.71. The fourth-order valence-electron chi connectivity index (χ4n) is 1.81. The number of hydrogen-bond donors (Lipinski definition) is 0. The lowest BCUT2D eigenvalue weighted by molar-refractivity contribution is 0.860. The van der Waals surface area contributed by atoms with Crippen LogP contribution in [0.1, 0.15) is 18.4 Å². The highest BCUT2D eigenvalue weighted by Gasteiger charge is 2.29. The number of benzene rings is 1. The summed E-state index contributed by atoms with van der Waals surface area (Å²) in [6, 6.07) is 8.14. The molecule has 0 heterocycles. The van der Waals surface area contributed by atoms with Gasteiger partial charge in [-0.15, -0.1) is 6.58 Å². The quantitative estimate of drug-likeness (QED) is 0.745. The molecule has 3 heteroatoms. The monoisotopic (exact) mass is 232 g/mol. The Morgan fingerprint density at radius 3 is 2.88 bits per heavy atom. The Balaban J connectivity index is 2.38. The summed E-state index contributed by atoms with van der Waals surface area (Å²) in [4.78, 5) is 2.21. The minimum absolute atomic E-state index is 0.545. The molecule has 1 saturated carbocycles. The van der Waals surface area contributed by atoms with Crippen molar-refractivity contribution in [2.75, 3.05) is 11.4 Å². The van der Waals surface area contributed by atoms with E-state index >= 15 is 0 Å². The second-order valence-corrected chi connectivity index (χ2v) is 4.38. The average molecular weight is 233 g/mol. The predicted molar refractivity (Wildman–Crippen MR) is 66.7 cm³/mol. The lowest BCUT2D eigenvalue weighted by atomic mass is 10.1. The van der Waals surface area contributed by atoms with E-state index in [-0.39, 0.29) is 0 Å². The van der Waals surface area contributed by atoms with Crippen LogP contribution >= 0.6 is 11.6 Å². The van der Waals surface area contributed by atoms with E-state index in [9.17, 15) is 0 Å². The van der Waals surface area contributed by atoms with Gasteiger partial charge in [0.25, 0.3) is 0 Å². The summed E-state index contributed by atoms with van der Waals surface area (Å²) >= 11 is 5.98. The van der Waals surface area contributed by atoms with Crippen molar-refractivity contribution < 1.29 is 0 Å². The third kappa shape index (κ3) is 2.20. The zero-order valence-electron chi connectivity index (χ0n) is 8.99. The first kappa shape index (κ1) is 11.0. The van der Waals surface area contributed by atoms with Gasteiger partial charge in [-0.2, -0.15) is 5.26 Å². The maximum Gasteiger partial charge on any atom is 0.101 e. The van der Waals surface area contributed by atoms with E-state index in [1.54, 1.807) is 12.1 Å². The third-order valence-corrected chi connectivity index (χ3v) is 2.94. The second kappa shape index (κ2) is 4.59. The Bertz CT molecular complexity index is 444. The van der Waals surface area contributed by atoms with E-state index < -0.39 is 0 Å². The van der Waals surface area contributed by atoms with Gasteiger partial charge in [-0.3, -0.25) is 0 Å². The summed E-state index contributed by atoms with van der Waals surface area (Å²) in [5.74, 6) is 0. The number of hydrogen-bond acceptors (Lipinski definition) is 2. The van der Waals surface area contributed by atoms with E-state index in [0.717, 1.165) is 12.2 Å². The molecular formula is C13H13ClN2. The molecule has 0 spiro atoms. The van der Waals surface area contributed by atoms with Gasteiger partial charge in [0.05, 0.1) is 11.3 Å². The van der Waals surface area contributed by atoms with Gasteiger partial charge in [0.15, 0.2) is 0 Å². The number of rotatable bonds is 4. The number of nitriles is 1. The molecule has 0 N–H and O–H groups in total. The average Bonchev–Trinajstić information content (AvgIpc) is 3.10. The van der Waals surface area contributed by atoms with Crippen molar-refractivity contribution in [2.45, 2.75) is 18.9 Å². The van der Waals surface area contributed by atoms with Crippen LogP contribution in [-0.2, 0) is 0 Å². The first-order chi connectivity index (χ1) is 7.76. The summed E-state index contributed by atoms with van der Waals surface area (Å²) in [5, 5.41) is 9.75. The Morgan fingerprint density at radius 1 is 1.56 bits per heavy atom. The zero-order chi connectivity index (χ0) is 11.5. The number of nitrogens with zero attached hydrogens (tertiary/aromatic N) is 2. The van der Waals surface area contributed by atoms with Crippen LogP contribution in [0.4, 0.5) is 5.69 Å². The Morgan fingerprint density at radius 2 is 2.31 bits per heavy atom. The number of halogens is 1. The molecule has 1 aromatic rings. The minimum atomic E-state index is 0.545. The van der Waals surface area contributed by atoms with E-state index in [0.29, 0.717) is 16.6 Å². The fourth-order valence-corrected chi connectivity index (χ4v) is 1.97. The van der Waals surface area contributed by atoms with Gasteiger partial charge < -0.3 is 4.90 Å². The maximum absolute atomic E-state index is 9.08. The highest BCUT2D eigenvalue weighted by Crippen LogP contribution is 2.34. The van der Waals surface area contributed by atoms with Crippen molar-refractivity contribution in [3.05, 3.63) is 41.4 Å². The molecule has 16 heavy (non-hydrogen) atoms. The lowest BCUT2D eigenvalue weighted by Crippen LogP contribution is -2.26. The molecule has 1 aromatic carbocycles. The van der Waals surface area contributed by atoms with Crippen LogP contribution in [0.15, 0.2) is 30.9 Å². The molecule has 1 fully saturated rings. The smallest absolute Gasteiger partial charge is 0.101 e. The third-order valence-electron chi connectivity index (χ3n) is 2.70. The Hall–Kier alpha value is -1.46. The molecule has 82 valence electrons. The van der Waals surface area contributed by atoms with Gasteiger partial charge in [-0.1, -0.05) is 17.7 Å². The molecule has 0 atom stereocenters. The summed E-state index contributed by atoms with van der Waals surface area (Å²) in [5.41, 5.74) is 1.61. The topological polar surface area (TPSA) is 27.0 Å². The van der Waals surface area contributed by atoms with E-state index in [1.165, 1.54) is 12.8 Å². The molecular weight excluding hydrogens is 220 g/mol. The van der Waals surface area contributed by atoms with E-state index in [1.807, 2.05) is 12.1 Å². The van der Waals surface area contributed by atoms with Gasteiger partial charge in [0.1, 0.15) is 6.07 Å². The van der Waals surface area contributed by atoms with Crippen LogP contribution in [0.25, 0.3) is 0 Å². The normalized spacial score (nSPS) is 14.2. The second-order valence-electron chi connectivity index (χ2n) is 3.95. The Labute approximate surface area is 101 Å². The fraction of sp³-hybridized carbons (Fsp3) is 0.308. The van der Waals surface area contributed by atoms with E-state index in [4.69, 9.17) is 16.9 Å². The molecule has 0 amide bonds. The van der Waals surface area contributed by atoms with Gasteiger partial charge in [-0.05, 0) is 31.0 Å². The van der Waals surface area contributed by atoms with Crippen molar-refractivity contribution in [1.29, 1.82) is 5.26 Å². The molecule has 0 saturated heterocycles. The molecule has 0 unspecified atom stereocenters. The summed E-state index contributed by atoms with van der Waals surface area (Å²) in [6.45, 7) is 4.52. The van der Waals surface area contributed by atoms with Crippen LogP contribution < -0.4 is 4.90 Å². The van der Waals surface area contributed by atoms with Crippen LogP contribution in [0.2, 0.25) is 5.02 Å². The molecule has 0 aromatic heterocycles.